The van der Waals surface area contributed by atoms with E-state index in [1.54, 1.807) is 37.3 Å². The van der Waals surface area contributed by atoms with Crippen LogP contribution in [0.25, 0.3) is 0 Å². The number of hydrogen-bond donors (Lipinski definition) is 2. The van der Waals surface area contributed by atoms with E-state index >= 15 is 0 Å². The summed E-state index contributed by atoms with van der Waals surface area (Å²) in [5.41, 5.74) is 3.24. The second kappa shape index (κ2) is 11.5. The Bertz CT molecular complexity index is 1500. The molecule has 2 bridgehead atoms. The molecule has 2 aromatic carbocycles. The van der Waals surface area contributed by atoms with E-state index in [2.05, 4.69) is 21.8 Å². The van der Waals surface area contributed by atoms with E-state index in [-0.39, 0.29) is 29.2 Å². The molecule has 1 saturated carbocycles. The van der Waals surface area contributed by atoms with Gasteiger partial charge in [0.2, 0.25) is 10.0 Å². The smallest absolute Gasteiger partial charge is 0.264 e. The highest BCUT2D eigenvalue weighted by atomic mass is 35.5. The summed E-state index contributed by atoms with van der Waals surface area (Å²) in [5.74, 6) is 0.308. The van der Waals surface area contributed by atoms with Gasteiger partial charge in [-0.25, -0.2) is 13.1 Å². The normalized spacial score (nSPS) is 33.3. The lowest BCUT2D eigenvalue weighted by molar-refractivity contribution is 0.0444. The molecule has 2 aliphatic carbocycles. The zero-order valence-corrected chi connectivity index (χ0v) is 25.7. The van der Waals surface area contributed by atoms with Crippen LogP contribution in [0.2, 0.25) is 5.02 Å². The number of benzene rings is 2. The summed E-state index contributed by atoms with van der Waals surface area (Å²) in [6.07, 6.45) is 7.30. The lowest BCUT2D eigenvalue weighted by Crippen LogP contribution is -2.49. The van der Waals surface area contributed by atoms with E-state index in [1.165, 1.54) is 18.2 Å². The van der Waals surface area contributed by atoms with Crippen LogP contribution in [0.4, 0.5) is 5.69 Å². The van der Waals surface area contributed by atoms with Gasteiger partial charge in [0.05, 0.1) is 29.8 Å². The Kier molecular flexibility index (Phi) is 8.06. The number of aliphatic hydroxyl groups is 1. The van der Waals surface area contributed by atoms with E-state index in [1.807, 2.05) is 6.07 Å². The number of aryl methyl sites for hydroxylation is 1. The van der Waals surface area contributed by atoms with Crippen LogP contribution >= 0.6 is 11.6 Å². The number of amides is 1. The molecule has 2 aliphatic heterocycles. The fourth-order valence-corrected chi connectivity index (χ4v) is 8.40. The number of aliphatic hydroxyl groups excluding tert-OH is 1. The van der Waals surface area contributed by atoms with Crippen molar-refractivity contribution in [2.75, 3.05) is 31.7 Å². The van der Waals surface area contributed by atoms with Crippen LogP contribution in [0.15, 0.2) is 48.6 Å². The SMILES string of the molecule is CO[C@H]1/C=C\[C@H](O)[C@@H]2CC[C@H]2CN2C[C@@]3(CCCc4cc(Cl)ccc43)COc3ccc(cc32)C(=O)NS(=O)(=O)[C@@H](C)C1. The molecule has 0 unspecified atom stereocenters. The summed E-state index contributed by atoms with van der Waals surface area (Å²) >= 11 is 6.38. The molecular weight excluding hydrogens is 576 g/mol. The standard InChI is InChI=1S/C32H39ClN2O6S/c1-20-14-25(40-2)8-11-29(36)26-9-5-23(26)17-35-18-32(13-3-4-21-15-24(33)7-10-27(21)32)19-41-30-12-6-22(16-28(30)35)31(37)34-42(20,38)39/h6-8,10-12,15-16,20,23,25-26,29,36H,3-5,9,13-14,17-19H2,1-2H3,(H,34,37)/b11-8-/t20-,23-,25-,26+,29-,32-/m0/s1. The molecule has 2 N–H and O–H groups in total. The van der Waals surface area contributed by atoms with Gasteiger partial charge in [-0.15, -0.1) is 0 Å². The van der Waals surface area contributed by atoms with Crippen LogP contribution < -0.4 is 14.4 Å². The average Bonchev–Trinajstić information content (AvgIpc) is 3.09. The molecule has 10 heteroatoms. The predicted molar refractivity (Wildman–Crippen MR) is 163 cm³/mol. The molecule has 2 heterocycles. The lowest BCUT2D eigenvalue weighted by atomic mass is 9.68. The van der Waals surface area contributed by atoms with Crippen LogP contribution in [0.1, 0.15) is 60.5 Å². The quantitative estimate of drug-likeness (QED) is 0.452. The number of carbonyl (C=O) groups excluding carboxylic acids is 1. The fourth-order valence-electron chi connectivity index (χ4n) is 7.19. The van der Waals surface area contributed by atoms with Crippen LogP contribution in [0.3, 0.4) is 0 Å². The number of rotatable bonds is 1. The zero-order chi connectivity index (χ0) is 29.6. The second-order valence-corrected chi connectivity index (χ2v) is 15.0. The first-order valence-electron chi connectivity index (χ1n) is 14.8. The van der Waals surface area contributed by atoms with E-state index in [4.69, 9.17) is 21.1 Å². The van der Waals surface area contributed by atoms with Crippen LogP contribution in [-0.2, 0) is 26.6 Å². The molecule has 0 aromatic heterocycles. The zero-order valence-electron chi connectivity index (χ0n) is 24.1. The van der Waals surface area contributed by atoms with Crippen molar-refractivity contribution in [3.8, 4) is 5.75 Å². The van der Waals surface area contributed by atoms with Gasteiger partial charge < -0.3 is 19.5 Å². The minimum absolute atomic E-state index is 0.0697. The van der Waals surface area contributed by atoms with Gasteiger partial charge in [0, 0.05) is 36.2 Å². The Labute approximate surface area is 253 Å². The number of fused-ring (bicyclic) bond motifs is 4. The Morgan fingerprint density at radius 2 is 2.00 bits per heavy atom. The maximum Gasteiger partial charge on any atom is 0.264 e. The Morgan fingerprint density at radius 3 is 2.76 bits per heavy atom. The number of sulfonamides is 1. The number of hydrogen-bond acceptors (Lipinski definition) is 7. The van der Waals surface area contributed by atoms with Crippen LogP contribution in [0.5, 0.6) is 5.75 Å². The van der Waals surface area contributed by atoms with Crippen molar-refractivity contribution in [1.29, 1.82) is 0 Å². The van der Waals surface area contributed by atoms with E-state index in [0.717, 1.165) is 42.8 Å². The summed E-state index contributed by atoms with van der Waals surface area (Å²) < 4.78 is 40.5. The van der Waals surface area contributed by atoms with Crippen molar-refractivity contribution in [3.63, 3.8) is 0 Å². The Hall–Kier alpha value is -2.59. The molecule has 0 radical (unpaired) electrons. The third-order valence-corrected chi connectivity index (χ3v) is 11.8. The van der Waals surface area contributed by atoms with Gasteiger partial charge in [0.15, 0.2) is 0 Å². The molecule has 6 rings (SSSR count). The van der Waals surface area contributed by atoms with E-state index in [9.17, 15) is 18.3 Å². The molecule has 42 heavy (non-hydrogen) atoms. The molecular formula is C32H39ClN2O6S. The van der Waals surface area contributed by atoms with Crippen molar-refractivity contribution in [3.05, 3.63) is 70.3 Å². The minimum atomic E-state index is -3.98. The van der Waals surface area contributed by atoms with Crippen LogP contribution in [-0.4, -0.2) is 63.7 Å². The maximum absolute atomic E-state index is 13.3. The summed E-state index contributed by atoms with van der Waals surface area (Å²) in [5, 5.41) is 11.0. The first-order valence-corrected chi connectivity index (χ1v) is 16.8. The minimum Gasteiger partial charge on any atom is -0.490 e. The van der Waals surface area contributed by atoms with Gasteiger partial charge in [0.1, 0.15) is 5.75 Å². The Morgan fingerprint density at radius 1 is 1.17 bits per heavy atom. The number of nitrogens with one attached hydrogen (secondary N) is 1. The monoisotopic (exact) mass is 614 g/mol. The van der Waals surface area contributed by atoms with Crippen LogP contribution in [0, 0.1) is 11.8 Å². The summed E-state index contributed by atoms with van der Waals surface area (Å²) in [6.45, 7) is 3.40. The second-order valence-electron chi connectivity index (χ2n) is 12.5. The van der Waals surface area contributed by atoms with Gasteiger partial charge in [-0.05, 0) is 98.7 Å². The molecule has 6 atom stereocenters. The fraction of sp³-hybridized carbons (Fsp3) is 0.531. The molecule has 1 amide bonds. The van der Waals surface area contributed by atoms with Crippen molar-refractivity contribution < 1.29 is 27.8 Å². The topological polar surface area (TPSA) is 105 Å². The first-order chi connectivity index (χ1) is 20.1. The van der Waals surface area contributed by atoms with E-state index in [0.29, 0.717) is 25.4 Å². The third-order valence-electron chi connectivity index (χ3n) is 9.82. The third kappa shape index (κ3) is 5.56. The van der Waals surface area contributed by atoms with Gasteiger partial charge in [-0.1, -0.05) is 29.8 Å². The van der Waals surface area contributed by atoms with Gasteiger partial charge in [0.25, 0.3) is 5.91 Å². The molecule has 0 saturated heterocycles. The summed E-state index contributed by atoms with van der Waals surface area (Å²) in [7, 11) is -2.47. The number of nitrogens with zero attached hydrogens (tertiary/aromatic N) is 1. The van der Waals surface area contributed by atoms with Crippen molar-refractivity contribution >= 4 is 33.2 Å². The number of methoxy groups -OCH3 is 1. The predicted octanol–water partition coefficient (Wildman–Crippen LogP) is 4.62. The molecule has 1 fully saturated rings. The first kappa shape index (κ1) is 29.5. The van der Waals surface area contributed by atoms with Crippen molar-refractivity contribution in [2.24, 2.45) is 11.8 Å². The highest BCUT2D eigenvalue weighted by molar-refractivity contribution is 7.90. The largest absolute Gasteiger partial charge is 0.490 e. The van der Waals surface area contributed by atoms with E-state index < -0.39 is 33.4 Å². The number of ether oxygens (including phenoxy) is 2. The highest BCUT2D eigenvalue weighted by Crippen LogP contribution is 2.46. The summed E-state index contributed by atoms with van der Waals surface area (Å²) in [4.78, 5) is 15.6. The number of anilines is 1. The lowest BCUT2D eigenvalue weighted by Gasteiger charge is -2.45. The van der Waals surface area contributed by atoms with Crippen molar-refractivity contribution in [1.82, 2.24) is 4.72 Å². The average molecular weight is 615 g/mol. The molecule has 4 aliphatic rings. The Balaban J connectivity index is 1.42. The maximum atomic E-state index is 13.3. The number of halogens is 1. The number of carbonyl (C=O) groups is 1. The molecule has 8 nitrogen and oxygen atoms in total. The molecule has 1 spiro atoms. The van der Waals surface area contributed by atoms with Gasteiger partial charge in [-0.2, -0.15) is 0 Å². The van der Waals surface area contributed by atoms with Gasteiger partial charge >= 0.3 is 0 Å². The van der Waals surface area contributed by atoms with Gasteiger partial charge in [-0.3, -0.25) is 4.79 Å². The summed E-state index contributed by atoms with van der Waals surface area (Å²) in [6, 6.07) is 11.3. The highest BCUT2D eigenvalue weighted by Gasteiger charge is 2.44. The molecule has 226 valence electrons. The molecule has 2 aromatic rings. The van der Waals surface area contributed by atoms with Crippen molar-refractivity contribution in [2.45, 2.75) is 68.3 Å².